The molecule has 1 aliphatic rings. The van der Waals surface area contributed by atoms with Crippen molar-refractivity contribution in [2.75, 3.05) is 36.6 Å². The van der Waals surface area contributed by atoms with Crippen LogP contribution in [0.2, 0.25) is 5.02 Å². The van der Waals surface area contributed by atoms with Gasteiger partial charge < -0.3 is 15.4 Å². The highest BCUT2D eigenvalue weighted by Crippen LogP contribution is 2.34. The van der Waals surface area contributed by atoms with Crippen molar-refractivity contribution in [1.82, 2.24) is 9.97 Å². The number of sulfone groups is 1. The molecule has 1 fully saturated rings. The predicted molar refractivity (Wildman–Crippen MR) is 101 cm³/mol. The minimum absolute atomic E-state index is 0.189. The number of nitrogen functional groups attached to an aromatic ring is 1. The summed E-state index contributed by atoms with van der Waals surface area (Å²) in [6, 6.07) is 6.46. The molecule has 1 aromatic carbocycles. The number of ether oxygens (including phenoxy) is 1. The molecule has 26 heavy (non-hydrogen) atoms. The van der Waals surface area contributed by atoms with Gasteiger partial charge in [-0.2, -0.15) is 4.98 Å². The Morgan fingerprint density at radius 3 is 2.73 bits per heavy atom. The van der Waals surface area contributed by atoms with E-state index in [-0.39, 0.29) is 16.9 Å². The van der Waals surface area contributed by atoms with Crippen LogP contribution in [0.15, 0.2) is 29.2 Å². The van der Waals surface area contributed by atoms with Crippen LogP contribution in [0.4, 0.5) is 11.8 Å². The molecule has 0 spiro atoms. The first kappa shape index (κ1) is 18.9. The third-order valence-electron chi connectivity index (χ3n) is 4.25. The predicted octanol–water partition coefficient (Wildman–Crippen LogP) is 2.39. The van der Waals surface area contributed by atoms with Crippen LogP contribution >= 0.6 is 11.6 Å². The summed E-state index contributed by atoms with van der Waals surface area (Å²) in [7, 11) is -3.32. The fraction of sp³-hybridized carbons (Fsp3) is 0.412. The minimum Gasteiger partial charge on any atom is -0.379 e. The Hall–Kier alpha value is -1.90. The van der Waals surface area contributed by atoms with Crippen LogP contribution in [0.25, 0.3) is 0 Å². The molecule has 1 saturated heterocycles. The number of anilines is 2. The zero-order valence-corrected chi connectivity index (χ0v) is 16.2. The maximum atomic E-state index is 11.8. The molecule has 7 nitrogen and oxygen atoms in total. The number of aryl methyl sites for hydroxylation is 1. The average molecular weight is 397 g/mol. The highest BCUT2D eigenvalue weighted by atomic mass is 35.5. The monoisotopic (exact) mass is 396 g/mol. The molecule has 1 atom stereocenters. The Bertz CT molecular complexity index is 900. The minimum atomic E-state index is -3.32. The molecule has 1 aromatic heterocycles. The van der Waals surface area contributed by atoms with E-state index in [1.807, 2.05) is 13.0 Å². The fourth-order valence-corrected chi connectivity index (χ4v) is 4.06. The lowest BCUT2D eigenvalue weighted by atomic mass is 10.1. The molecule has 3 rings (SSSR count). The van der Waals surface area contributed by atoms with Crippen molar-refractivity contribution in [3.63, 3.8) is 0 Å². The molecule has 2 aromatic rings. The number of nitrogens with zero attached hydrogens (tertiary/aromatic N) is 3. The van der Waals surface area contributed by atoms with Crippen LogP contribution in [-0.2, 0) is 14.6 Å². The summed E-state index contributed by atoms with van der Waals surface area (Å²) in [4.78, 5) is 10.8. The van der Waals surface area contributed by atoms with Crippen molar-refractivity contribution >= 4 is 33.2 Å². The average Bonchev–Trinajstić information content (AvgIpc) is 2.78. The zero-order chi connectivity index (χ0) is 18.9. The maximum absolute atomic E-state index is 11.8. The molecular formula is C17H21ClN4O3S. The normalized spacial score (nSPS) is 18.6. The number of halogens is 1. The summed E-state index contributed by atoms with van der Waals surface area (Å²) in [5.74, 6) is 0.913. The summed E-state index contributed by atoms with van der Waals surface area (Å²) in [6.45, 7) is 3.62. The Morgan fingerprint density at radius 2 is 2.08 bits per heavy atom. The molecule has 2 N–H and O–H groups in total. The highest BCUT2D eigenvalue weighted by molar-refractivity contribution is 7.90. The molecular weight excluding hydrogens is 376 g/mol. The Labute approximate surface area is 158 Å². The molecule has 0 unspecified atom stereocenters. The number of aromatic nitrogens is 2. The van der Waals surface area contributed by atoms with Gasteiger partial charge in [-0.05, 0) is 31.0 Å². The third kappa shape index (κ3) is 4.08. The topological polar surface area (TPSA) is 98.4 Å². The van der Waals surface area contributed by atoms with E-state index in [9.17, 15) is 8.42 Å². The van der Waals surface area contributed by atoms with Crippen LogP contribution in [0.3, 0.4) is 0 Å². The van der Waals surface area contributed by atoms with Crippen molar-refractivity contribution in [2.24, 2.45) is 0 Å². The van der Waals surface area contributed by atoms with Gasteiger partial charge in [0.05, 0.1) is 17.5 Å². The smallest absolute Gasteiger partial charge is 0.222 e. The molecule has 0 radical (unpaired) electrons. The lowest BCUT2D eigenvalue weighted by molar-refractivity contribution is 0.134. The second-order valence-electron chi connectivity index (χ2n) is 6.32. The van der Waals surface area contributed by atoms with Gasteiger partial charge in [-0.3, -0.25) is 0 Å². The Kier molecular flexibility index (Phi) is 5.36. The van der Waals surface area contributed by atoms with Crippen LogP contribution in [0.1, 0.15) is 23.7 Å². The number of benzene rings is 1. The molecule has 0 saturated carbocycles. The molecule has 0 aliphatic carbocycles. The van der Waals surface area contributed by atoms with E-state index >= 15 is 0 Å². The lowest BCUT2D eigenvalue weighted by Gasteiger charge is -2.31. The summed E-state index contributed by atoms with van der Waals surface area (Å²) >= 11 is 6.43. The van der Waals surface area contributed by atoms with Crippen molar-refractivity contribution in [1.29, 1.82) is 0 Å². The first-order valence-corrected chi connectivity index (χ1v) is 10.5. The van der Waals surface area contributed by atoms with E-state index in [4.69, 9.17) is 22.1 Å². The fourth-order valence-electron chi connectivity index (χ4n) is 3.04. The quantitative estimate of drug-likeness (QED) is 0.850. The molecule has 9 heteroatoms. The van der Waals surface area contributed by atoms with Gasteiger partial charge in [0.2, 0.25) is 5.95 Å². The van der Waals surface area contributed by atoms with E-state index in [0.29, 0.717) is 30.6 Å². The number of hydrogen-bond donors (Lipinski definition) is 1. The Balaban J connectivity index is 2.05. The van der Waals surface area contributed by atoms with Crippen molar-refractivity contribution in [2.45, 2.75) is 24.3 Å². The molecule has 2 heterocycles. The van der Waals surface area contributed by atoms with E-state index in [2.05, 4.69) is 14.9 Å². The third-order valence-corrected chi connectivity index (χ3v) is 5.69. The van der Waals surface area contributed by atoms with Crippen molar-refractivity contribution in [3.8, 4) is 0 Å². The maximum Gasteiger partial charge on any atom is 0.222 e. The largest absolute Gasteiger partial charge is 0.379 e. The molecule has 0 amide bonds. The van der Waals surface area contributed by atoms with Crippen LogP contribution in [0.5, 0.6) is 0 Å². The lowest BCUT2D eigenvalue weighted by Crippen LogP contribution is -2.32. The summed E-state index contributed by atoms with van der Waals surface area (Å²) in [6.07, 6.45) is 1.99. The zero-order valence-electron chi connectivity index (χ0n) is 14.6. The van der Waals surface area contributed by atoms with Gasteiger partial charge in [0.1, 0.15) is 5.82 Å². The van der Waals surface area contributed by atoms with Crippen LogP contribution in [0, 0.1) is 6.92 Å². The number of hydrogen-bond acceptors (Lipinski definition) is 7. The second kappa shape index (κ2) is 7.38. The highest BCUT2D eigenvalue weighted by Gasteiger charge is 2.27. The molecule has 0 bridgehead atoms. The molecule has 1 aliphatic heterocycles. The van der Waals surface area contributed by atoms with Crippen LogP contribution < -0.4 is 10.6 Å². The Morgan fingerprint density at radius 1 is 1.31 bits per heavy atom. The van der Waals surface area contributed by atoms with Gasteiger partial charge in [0.25, 0.3) is 0 Å². The van der Waals surface area contributed by atoms with Gasteiger partial charge in [-0.25, -0.2) is 13.4 Å². The van der Waals surface area contributed by atoms with Gasteiger partial charge in [-0.1, -0.05) is 17.7 Å². The molecule has 140 valence electrons. The first-order chi connectivity index (χ1) is 12.3. The number of rotatable bonds is 3. The van der Waals surface area contributed by atoms with E-state index in [1.165, 1.54) is 6.07 Å². The summed E-state index contributed by atoms with van der Waals surface area (Å²) in [5, 5.41) is 0.382. The summed E-state index contributed by atoms with van der Waals surface area (Å²) < 4.78 is 29.3. The SMILES string of the molecule is Cc1cc(N2CCCOC[C@H]2c2ccc(S(C)(=O)=O)cc2Cl)nc(N)n1. The first-order valence-electron chi connectivity index (χ1n) is 8.21. The van der Waals surface area contributed by atoms with Crippen molar-refractivity contribution in [3.05, 3.63) is 40.5 Å². The van der Waals surface area contributed by atoms with E-state index < -0.39 is 9.84 Å². The standard InChI is InChI=1S/C17H21ClN4O3S/c1-11-8-16(21-17(19)20-11)22-6-3-7-25-10-15(22)13-5-4-12(9-14(13)18)26(2,23)24/h4-5,8-9,15H,3,6-7,10H2,1-2H3,(H2,19,20,21)/t15-/m0/s1. The van der Waals surface area contributed by atoms with E-state index in [1.54, 1.807) is 12.1 Å². The van der Waals surface area contributed by atoms with Crippen molar-refractivity contribution < 1.29 is 13.2 Å². The van der Waals surface area contributed by atoms with Gasteiger partial charge >= 0.3 is 0 Å². The van der Waals surface area contributed by atoms with Gasteiger partial charge in [-0.15, -0.1) is 0 Å². The van der Waals surface area contributed by atoms with Crippen LogP contribution in [-0.4, -0.2) is 44.4 Å². The second-order valence-corrected chi connectivity index (χ2v) is 8.74. The van der Waals surface area contributed by atoms with E-state index in [0.717, 1.165) is 23.9 Å². The van der Waals surface area contributed by atoms with Gasteiger partial charge in [0.15, 0.2) is 9.84 Å². The summed E-state index contributed by atoms with van der Waals surface area (Å²) in [5.41, 5.74) is 7.37. The van der Waals surface area contributed by atoms with Gasteiger partial charge in [0, 0.05) is 36.2 Å². The number of nitrogens with two attached hydrogens (primary N) is 1.